The summed E-state index contributed by atoms with van der Waals surface area (Å²) in [6.45, 7) is 7.30. The number of carbonyl (C=O) groups is 3. The third kappa shape index (κ3) is 7.57. The SMILES string of the molecule is CC.CNC(=O)C1CCC(C)CC1.O=CCN1CCCC1=O. The predicted octanol–water partition coefficient (Wildman–Crippen LogP) is 2.39. The average molecular weight is 312 g/mol. The Kier molecular flexibility index (Phi) is 11.4. The van der Waals surface area contributed by atoms with E-state index in [1.54, 1.807) is 11.9 Å². The number of hydrogen-bond donors (Lipinski definition) is 1. The zero-order valence-electron chi connectivity index (χ0n) is 14.6. The minimum atomic E-state index is 0.113. The summed E-state index contributed by atoms with van der Waals surface area (Å²) in [5, 5.41) is 2.71. The lowest BCUT2D eigenvalue weighted by atomic mass is 9.83. The zero-order chi connectivity index (χ0) is 17.0. The van der Waals surface area contributed by atoms with E-state index in [0.717, 1.165) is 38.0 Å². The molecule has 2 amide bonds. The quantitative estimate of drug-likeness (QED) is 0.814. The van der Waals surface area contributed by atoms with Crippen LogP contribution in [0.2, 0.25) is 0 Å². The van der Waals surface area contributed by atoms with Gasteiger partial charge in [-0.05, 0) is 38.0 Å². The normalized spacial score (nSPS) is 23.6. The number of likely N-dealkylation sites (tertiary alicyclic amines) is 1. The van der Waals surface area contributed by atoms with Gasteiger partial charge in [-0.1, -0.05) is 20.8 Å². The Bertz CT molecular complexity index is 337. The molecule has 0 spiro atoms. The van der Waals surface area contributed by atoms with Crippen LogP contribution in [0.1, 0.15) is 59.3 Å². The smallest absolute Gasteiger partial charge is 0.223 e. The van der Waals surface area contributed by atoms with Crippen molar-refractivity contribution in [2.45, 2.75) is 59.3 Å². The highest BCUT2D eigenvalue weighted by atomic mass is 16.2. The lowest BCUT2D eigenvalue weighted by Gasteiger charge is -2.24. The summed E-state index contributed by atoms with van der Waals surface area (Å²) in [4.78, 5) is 33.4. The molecule has 0 aromatic carbocycles. The molecule has 2 aliphatic rings. The van der Waals surface area contributed by atoms with Crippen LogP contribution in [0, 0.1) is 11.8 Å². The van der Waals surface area contributed by atoms with Crippen LogP contribution >= 0.6 is 0 Å². The lowest BCUT2D eigenvalue weighted by molar-refractivity contribution is -0.129. The minimum absolute atomic E-state index is 0.113. The number of nitrogens with zero attached hydrogens (tertiary/aromatic N) is 1. The van der Waals surface area contributed by atoms with E-state index in [1.165, 1.54) is 12.8 Å². The van der Waals surface area contributed by atoms with Crippen molar-refractivity contribution in [2.75, 3.05) is 20.1 Å². The van der Waals surface area contributed by atoms with Crippen molar-refractivity contribution >= 4 is 18.1 Å². The number of amides is 2. The highest BCUT2D eigenvalue weighted by Gasteiger charge is 2.22. The van der Waals surface area contributed by atoms with Gasteiger partial charge < -0.3 is 15.0 Å². The summed E-state index contributed by atoms with van der Waals surface area (Å²) in [5.41, 5.74) is 0. The summed E-state index contributed by atoms with van der Waals surface area (Å²) >= 11 is 0. The lowest BCUT2D eigenvalue weighted by Crippen LogP contribution is -2.30. The van der Waals surface area contributed by atoms with Gasteiger partial charge in [0.05, 0.1) is 6.54 Å². The maximum atomic E-state index is 11.2. The number of hydrogen-bond acceptors (Lipinski definition) is 3. The molecule has 1 saturated carbocycles. The molecule has 1 N–H and O–H groups in total. The van der Waals surface area contributed by atoms with Crippen LogP contribution in [-0.4, -0.2) is 43.1 Å². The van der Waals surface area contributed by atoms with Crippen molar-refractivity contribution in [1.82, 2.24) is 10.2 Å². The highest BCUT2D eigenvalue weighted by molar-refractivity contribution is 5.80. The second-order valence-electron chi connectivity index (χ2n) is 5.68. The van der Waals surface area contributed by atoms with Crippen LogP contribution in [0.3, 0.4) is 0 Å². The van der Waals surface area contributed by atoms with E-state index in [4.69, 9.17) is 0 Å². The number of rotatable bonds is 3. The molecule has 2 fully saturated rings. The topological polar surface area (TPSA) is 66.5 Å². The molecule has 128 valence electrons. The monoisotopic (exact) mass is 312 g/mol. The molecule has 0 aromatic heterocycles. The Morgan fingerprint density at radius 2 is 1.86 bits per heavy atom. The van der Waals surface area contributed by atoms with Crippen LogP contribution in [0.25, 0.3) is 0 Å². The predicted molar refractivity (Wildman–Crippen MR) is 88.4 cm³/mol. The van der Waals surface area contributed by atoms with Crippen molar-refractivity contribution in [3.8, 4) is 0 Å². The molecule has 2 rings (SSSR count). The first-order valence-electron chi connectivity index (χ1n) is 8.51. The molecule has 1 heterocycles. The van der Waals surface area contributed by atoms with Crippen LogP contribution in [0.5, 0.6) is 0 Å². The molecule has 1 aliphatic heterocycles. The second kappa shape index (κ2) is 12.2. The molecule has 5 nitrogen and oxygen atoms in total. The summed E-state index contributed by atoms with van der Waals surface area (Å²) in [5.74, 6) is 1.48. The van der Waals surface area contributed by atoms with Gasteiger partial charge in [-0.25, -0.2) is 0 Å². The maximum absolute atomic E-state index is 11.2. The van der Waals surface area contributed by atoms with E-state index in [0.29, 0.717) is 12.3 Å². The molecular formula is C17H32N2O3. The van der Waals surface area contributed by atoms with Crippen molar-refractivity contribution in [3.05, 3.63) is 0 Å². The largest absolute Gasteiger partial charge is 0.359 e. The van der Waals surface area contributed by atoms with Gasteiger partial charge in [0.25, 0.3) is 0 Å². The Morgan fingerprint density at radius 1 is 1.27 bits per heavy atom. The van der Waals surface area contributed by atoms with Gasteiger partial charge in [-0.15, -0.1) is 0 Å². The summed E-state index contributed by atoms with van der Waals surface area (Å²) < 4.78 is 0. The van der Waals surface area contributed by atoms with Gasteiger partial charge in [0.1, 0.15) is 6.29 Å². The number of carbonyl (C=O) groups excluding carboxylic acids is 3. The molecular weight excluding hydrogens is 280 g/mol. The summed E-state index contributed by atoms with van der Waals surface area (Å²) in [7, 11) is 1.72. The fourth-order valence-corrected chi connectivity index (χ4v) is 2.71. The second-order valence-corrected chi connectivity index (χ2v) is 5.68. The fraction of sp³-hybridized carbons (Fsp3) is 0.824. The van der Waals surface area contributed by atoms with Crippen molar-refractivity contribution in [1.29, 1.82) is 0 Å². The third-order valence-electron chi connectivity index (χ3n) is 4.10. The molecule has 0 atom stereocenters. The van der Waals surface area contributed by atoms with Crippen LogP contribution in [0.4, 0.5) is 0 Å². The van der Waals surface area contributed by atoms with Crippen molar-refractivity contribution in [2.24, 2.45) is 11.8 Å². The van der Waals surface area contributed by atoms with E-state index >= 15 is 0 Å². The molecule has 0 aromatic rings. The molecule has 0 unspecified atom stereocenters. The van der Waals surface area contributed by atoms with Crippen LogP contribution in [-0.2, 0) is 14.4 Å². The van der Waals surface area contributed by atoms with E-state index in [-0.39, 0.29) is 18.4 Å². The van der Waals surface area contributed by atoms with E-state index < -0.39 is 0 Å². The minimum Gasteiger partial charge on any atom is -0.359 e. The van der Waals surface area contributed by atoms with Crippen molar-refractivity contribution < 1.29 is 14.4 Å². The van der Waals surface area contributed by atoms with E-state index in [1.807, 2.05) is 13.8 Å². The number of nitrogens with one attached hydrogen (secondary N) is 1. The van der Waals surface area contributed by atoms with Gasteiger partial charge in [-0.2, -0.15) is 0 Å². The molecule has 22 heavy (non-hydrogen) atoms. The highest BCUT2D eigenvalue weighted by Crippen LogP contribution is 2.27. The zero-order valence-corrected chi connectivity index (χ0v) is 14.6. The van der Waals surface area contributed by atoms with Crippen molar-refractivity contribution in [3.63, 3.8) is 0 Å². The van der Waals surface area contributed by atoms with Gasteiger partial charge >= 0.3 is 0 Å². The Hall–Kier alpha value is -1.39. The first kappa shape index (κ1) is 20.6. The summed E-state index contributed by atoms with van der Waals surface area (Å²) in [6, 6.07) is 0. The molecule has 0 bridgehead atoms. The molecule has 1 aliphatic carbocycles. The van der Waals surface area contributed by atoms with Crippen LogP contribution < -0.4 is 5.32 Å². The number of aldehydes is 1. The fourth-order valence-electron chi connectivity index (χ4n) is 2.71. The standard InChI is InChI=1S/C9H17NO.C6H9NO2.C2H6/c1-7-3-5-8(6-4-7)9(11)10-2;8-5-4-7-3-1-2-6(7)9;1-2/h7-8H,3-6H2,1-2H3,(H,10,11);5H,1-4H2;1-2H3. The Labute approximate surface area is 134 Å². The van der Waals surface area contributed by atoms with Gasteiger partial charge in [0.15, 0.2) is 0 Å². The first-order chi connectivity index (χ1) is 10.6. The Balaban J connectivity index is 0.000000366. The molecule has 0 radical (unpaired) electrons. The summed E-state index contributed by atoms with van der Waals surface area (Å²) in [6.07, 6.45) is 6.90. The first-order valence-corrected chi connectivity index (χ1v) is 8.51. The average Bonchev–Trinajstić information content (AvgIpc) is 2.95. The Morgan fingerprint density at radius 3 is 2.27 bits per heavy atom. The molecule has 5 heteroatoms. The van der Waals surface area contributed by atoms with Crippen LogP contribution in [0.15, 0.2) is 0 Å². The van der Waals surface area contributed by atoms with E-state index in [9.17, 15) is 14.4 Å². The van der Waals surface area contributed by atoms with Gasteiger partial charge in [-0.3, -0.25) is 9.59 Å². The molecule has 1 saturated heterocycles. The maximum Gasteiger partial charge on any atom is 0.223 e. The van der Waals surface area contributed by atoms with Gasteiger partial charge in [0, 0.05) is 25.9 Å². The van der Waals surface area contributed by atoms with Gasteiger partial charge in [0.2, 0.25) is 11.8 Å². The third-order valence-corrected chi connectivity index (χ3v) is 4.10. The van der Waals surface area contributed by atoms with E-state index in [2.05, 4.69) is 12.2 Å².